The molecule has 0 saturated heterocycles. The van der Waals surface area contributed by atoms with E-state index in [1.54, 1.807) is 7.11 Å². The Labute approximate surface area is 113 Å². The molecule has 0 aliphatic heterocycles. The number of phenolic OH excluding ortho intramolecular Hbond substituents is 1. The molecule has 1 rings (SSSR count). The van der Waals surface area contributed by atoms with Crippen molar-refractivity contribution in [2.75, 3.05) is 19.0 Å². The second kappa shape index (κ2) is 7.33. The fourth-order valence-corrected chi connectivity index (χ4v) is 1.93. The number of hydrogen-bond acceptors (Lipinski definition) is 3. The smallest absolute Gasteiger partial charge is 0.258 e. The van der Waals surface area contributed by atoms with Gasteiger partial charge in [-0.15, -0.1) is 0 Å². The van der Waals surface area contributed by atoms with Crippen molar-refractivity contribution in [3.8, 4) is 5.75 Å². The molecule has 1 amide bonds. The monoisotopic (exact) mass is 319 g/mol. The van der Waals surface area contributed by atoms with Crippen LogP contribution < -0.4 is 5.32 Å². The first-order valence-corrected chi connectivity index (χ1v) is 6.55. The number of ether oxygens (including phenoxy) is 1. The van der Waals surface area contributed by atoms with Crippen LogP contribution >= 0.6 is 15.9 Å². The molecule has 1 aromatic rings. The number of phenols is 1. The lowest BCUT2D eigenvalue weighted by Crippen LogP contribution is -2.37. The van der Waals surface area contributed by atoms with Crippen molar-refractivity contribution in [1.82, 2.24) is 5.32 Å². The van der Waals surface area contributed by atoms with Crippen molar-refractivity contribution in [2.24, 2.45) is 0 Å². The van der Waals surface area contributed by atoms with E-state index in [-0.39, 0.29) is 17.4 Å². The van der Waals surface area contributed by atoms with Crippen molar-refractivity contribution in [2.45, 2.75) is 12.5 Å². The molecule has 6 heteroatoms. The molecule has 0 heterocycles. The maximum atomic E-state index is 13.5. The molecule has 0 spiro atoms. The molecule has 100 valence electrons. The molecule has 2 N–H and O–H groups in total. The first kappa shape index (κ1) is 14.9. The number of methoxy groups -OCH3 is 1. The zero-order chi connectivity index (χ0) is 13.5. The van der Waals surface area contributed by atoms with E-state index >= 15 is 0 Å². The van der Waals surface area contributed by atoms with Gasteiger partial charge in [-0.3, -0.25) is 4.79 Å². The largest absolute Gasteiger partial charge is 0.507 e. The maximum Gasteiger partial charge on any atom is 0.258 e. The second-order valence-electron chi connectivity index (χ2n) is 3.74. The van der Waals surface area contributed by atoms with Gasteiger partial charge in [0, 0.05) is 25.1 Å². The molecule has 0 saturated carbocycles. The first-order chi connectivity index (χ1) is 8.60. The van der Waals surface area contributed by atoms with Crippen LogP contribution in [0.25, 0.3) is 0 Å². The highest BCUT2D eigenvalue weighted by Crippen LogP contribution is 2.19. The molecule has 0 bridgehead atoms. The topological polar surface area (TPSA) is 58.6 Å². The van der Waals surface area contributed by atoms with Gasteiger partial charge in [0.05, 0.1) is 0 Å². The zero-order valence-electron chi connectivity index (χ0n) is 9.95. The van der Waals surface area contributed by atoms with Crippen molar-refractivity contribution < 1.29 is 19.0 Å². The molecule has 18 heavy (non-hydrogen) atoms. The average molecular weight is 320 g/mol. The Morgan fingerprint density at radius 2 is 2.33 bits per heavy atom. The number of benzene rings is 1. The minimum atomic E-state index is -0.743. The molecule has 0 aromatic heterocycles. The van der Waals surface area contributed by atoms with E-state index in [2.05, 4.69) is 21.2 Å². The number of alkyl halides is 1. The number of nitrogens with one attached hydrogen (secondary N) is 1. The molecule has 0 aliphatic rings. The molecule has 0 fully saturated rings. The summed E-state index contributed by atoms with van der Waals surface area (Å²) in [6.45, 7) is 0.486. The fraction of sp³-hybridized carbons (Fsp3) is 0.417. The van der Waals surface area contributed by atoms with E-state index in [1.807, 2.05) is 0 Å². The van der Waals surface area contributed by atoms with Crippen molar-refractivity contribution >= 4 is 21.8 Å². The number of carbonyl (C=O) groups excluding carboxylic acids is 1. The van der Waals surface area contributed by atoms with Gasteiger partial charge < -0.3 is 15.2 Å². The number of amides is 1. The quantitative estimate of drug-likeness (QED) is 0.789. The summed E-state index contributed by atoms with van der Waals surface area (Å²) in [6, 6.07) is 3.56. The van der Waals surface area contributed by atoms with Gasteiger partial charge in [-0.1, -0.05) is 22.0 Å². The van der Waals surface area contributed by atoms with E-state index in [9.17, 15) is 14.3 Å². The summed E-state index contributed by atoms with van der Waals surface area (Å²) in [5.41, 5.74) is -0.333. The van der Waals surface area contributed by atoms with Crippen LogP contribution in [0, 0.1) is 5.82 Å². The number of halogens is 2. The van der Waals surface area contributed by atoms with Crippen LogP contribution in [0.15, 0.2) is 18.2 Å². The van der Waals surface area contributed by atoms with Gasteiger partial charge in [-0.25, -0.2) is 4.39 Å². The Hall–Kier alpha value is -1.14. The highest BCUT2D eigenvalue weighted by atomic mass is 79.9. The molecule has 1 unspecified atom stereocenters. The number of aromatic hydroxyl groups is 1. The Morgan fingerprint density at radius 3 is 2.89 bits per heavy atom. The number of hydrogen-bond donors (Lipinski definition) is 2. The highest BCUT2D eigenvalue weighted by Gasteiger charge is 2.19. The van der Waals surface area contributed by atoms with Crippen molar-refractivity contribution in [3.63, 3.8) is 0 Å². The Morgan fingerprint density at radius 1 is 1.61 bits per heavy atom. The van der Waals surface area contributed by atoms with Gasteiger partial charge in [0.15, 0.2) is 0 Å². The molecular weight excluding hydrogens is 305 g/mol. The maximum absolute atomic E-state index is 13.5. The Kier molecular flexibility index (Phi) is 6.07. The molecule has 1 aromatic carbocycles. The summed E-state index contributed by atoms with van der Waals surface area (Å²) in [5, 5.41) is 12.6. The van der Waals surface area contributed by atoms with Crippen LogP contribution in [0.3, 0.4) is 0 Å². The molecular formula is C12H15BrFNO3. The van der Waals surface area contributed by atoms with Crippen LogP contribution in [0.5, 0.6) is 5.75 Å². The van der Waals surface area contributed by atoms with Gasteiger partial charge in [0.2, 0.25) is 0 Å². The molecule has 0 aliphatic carbocycles. The van der Waals surface area contributed by atoms with Gasteiger partial charge in [-0.05, 0) is 18.6 Å². The molecule has 0 radical (unpaired) electrons. The minimum Gasteiger partial charge on any atom is -0.507 e. The van der Waals surface area contributed by atoms with Crippen molar-refractivity contribution in [1.29, 1.82) is 0 Å². The second-order valence-corrected chi connectivity index (χ2v) is 4.39. The van der Waals surface area contributed by atoms with Crippen LogP contribution in [0.2, 0.25) is 0 Å². The zero-order valence-corrected chi connectivity index (χ0v) is 11.5. The Bertz CT molecular complexity index is 394. The van der Waals surface area contributed by atoms with E-state index in [4.69, 9.17) is 4.74 Å². The lowest BCUT2D eigenvalue weighted by Gasteiger charge is -2.16. The van der Waals surface area contributed by atoms with Gasteiger partial charge in [0.1, 0.15) is 17.1 Å². The third-order valence-corrected chi connectivity index (χ3v) is 3.19. The summed E-state index contributed by atoms with van der Waals surface area (Å²) in [7, 11) is 1.57. The van der Waals surface area contributed by atoms with Crippen LogP contribution in [-0.2, 0) is 4.74 Å². The summed E-state index contributed by atoms with van der Waals surface area (Å²) in [5.74, 6) is -1.74. The number of rotatable bonds is 6. The molecule has 1 atom stereocenters. The van der Waals surface area contributed by atoms with E-state index in [1.165, 1.54) is 12.1 Å². The van der Waals surface area contributed by atoms with E-state index in [0.717, 1.165) is 6.07 Å². The summed E-state index contributed by atoms with van der Waals surface area (Å²) in [4.78, 5) is 11.8. The predicted molar refractivity (Wildman–Crippen MR) is 69.6 cm³/mol. The summed E-state index contributed by atoms with van der Waals surface area (Å²) < 4.78 is 18.4. The number of carbonyl (C=O) groups is 1. The van der Waals surface area contributed by atoms with E-state index in [0.29, 0.717) is 18.4 Å². The fourth-order valence-electron chi connectivity index (χ4n) is 1.44. The predicted octanol–water partition coefficient (Wildman–Crippen LogP) is 2.06. The standard InChI is InChI=1S/C12H15BrFNO3/c1-18-6-5-8(7-13)15-12(17)11-9(14)3-2-4-10(11)16/h2-4,8,16H,5-7H2,1H3,(H,15,17). The Balaban J connectivity index is 2.75. The third-order valence-electron chi connectivity index (χ3n) is 2.41. The van der Waals surface area contributed by atoms with Crippen LogP contribution in [0.4, 0.5) is 4.39 Å². The summed E-state index contributed by atoms with van der Waals surface area (Å²) >= 11 is 3.26. The van der Waals surface area contributed by atoms with Gasteiger partial charge in [0.25, 0.3) is 5.91 Å². The minimum absolute atomic E-state index is 0.184. The SMILES string of the molecule is COCCC(CBr)NC(=O)c1c(O)cccc1F. The lowest BCUT2D eigenvalue weighted by molar-refractivity contribution is 0.0924. The lowest BCUT2D eigenvalue weighted by atomic mass is 10.1. The first-order valence-electron chi connectivity index (χ1n) is 5.43. The van der Waals surface area contributed by atoms with Gasteiger partial charge in [-0.2, -0.15) is 0 Å². The highest BCUT2D eigenvalue weighted by molar-refractivity contribution is 9.09. The molecule has 4 nitrogen and oxygen atoms in total. The summed E-state index contributed by atoms with van der Waals surface area (Å²) in [6.07, 6.45) is 0.600. The average Bonchev–Trinajstić information content (AvgIpc) is 2.34. The normalized spacial score (nSPS) is 12.2. The van der Waals surface area contributed by atoms with Crippen LogP contribution in [0.1, 0.15) is 16.8 Å². The van der Waals surface area contributed by atoms with Crippen LogP contribution in [-0.4, -0.2) is 36.1 Å². The van der Waals surface area contributed by atoms with E-state index < -0.39 is 11.7 Å². The van der Waals surface area contributed by atoms with Crippen molar-refractivity contribution in [3.05, 3.63) is 29.6 Å². The van der Waals surface area contributed by atoms with Gasteiger partial charge >= 0.3 is 0 Å². The third kappa shape index (κ3) is 3.96.